The van der Waals surface area contributed by atoms with Crippen molar-refractivity contribution in [3.63, 3.8) is 0 Å². The van der Waals surface area contributed by atoms with Crippen molar-refractivity contribution in [2.24, 2.45) is 28.6 Å². The van der Waals surface area contributed by atoms with Gasteiger partial charge in [-0.05, 0) is 81.3 Å². The molecular weight excluding hydrogens is 456 g/mol. The van der Waals surface area contributed by atoms with Crippen molar-refractivity contribution in [3.8, 4) is 0 Å². The first kappa shape index (κ1) is 26.8. The van der Waals surface area contributed by atoms with E-state index in [2.05, 4.69) is 20.4 Å². The van der Waals surface area contributed by atoms with Crippen molar-refractivity contribution in [2.45, 2.75) is 104 Å². The maximum atomic E-state index is 13.2. The fourth-order valence-electron chi connectivity index (χ4n) is 8.42. The molecule has 0 bridgehead atoms. The van der Waals surface area contributed by atoms with Crippen LogP contribution in [0.25, 0.3) is 0 Å². The van der Waals surface area contributed by atoms with Crippen molar-refractivity contribution in [1.82, 2.24) is 0 Å². The minimum Gasteiger partial charge on any atom is -0.465 e. The highest BCUT2D eigenvalue weighted by molar-refractivity contribution is 5.93. The number of hydrogen-bond donors (Lipinski definition) is 0. The summed E-state index contributed by atoms with van der Waals surface area (Å²) in [5.74, 6) is 0.116. The van der Waals surface area contributed by atoms with Gasteiger partial charge in [0.25, 0.3) is 0 Å². The Morgan fingerprint density at radius 2 is 1.81 bits per heavy atom. The zero-order valence-electron chi connectivity index (χ0n) is 22.5. The Kier molecular flexibility index (Phi) is 7.38. The summed E-state index contributed by atoms with van der Waals surface area (Å²) >= 11 is 0. The Balaban J connectivity index is 1.67. The molecule has 0 aromatic carbocycles. The molecule has 0 amide bonds. The van der Waals surface area contributed by atoms with E-state index < -0.39 is 16.4 Å². The van der Waals surface area contributed by atoms with Crippen molar-refractivity contribution < 1.29 is 28.7 Å². The average molecular weight is 499 g/mol. The van der Waals surface area contributed by atoms with Crippen LogP contribution in [0.2, 0.25) is 0 Å². The standard InChI is InChI=1S/C30H42O6/c1-6-7-8-9-27(34)36-30(20(3)31)15-12-24-23-16-19(2)26-17-22(33)10-14-29(26,18-35-21(4)32)25(23)11-13-28(24,30)5/h17,23-25H,2,6-16,18H2,1,3-5H3/t23-,24-,25-,28-,29-,30-/m0/s1. The van der Waals surface area contributed by atoms with Crippen LogP contribution >= 0.6 is 0 Å². The summed E-state index contributed by atoms with van der Waals surface area (Å²) in [4.78, 5) is 50.3. The molecule has 0 aromatic rings. The van der Waals surface area contributed by atoms with Gasteiger partial charge in [-0.15, -0.1) is 0 Å². The highest BCUT2D eigenvalue weighted by atomic mass is 16.6. The lowest BCUT2D eigenvalue weighted by Gasteiger charge is -2.60. The quantitative estimate of drug-likeness (QED) is 0.316. The third kappa shape index (κ3) is 4.18. The number of esters is 2. The summed E-state index contributed by atoms with van der Waals surface area (Å²) in [7, 11) is 0. The maximum absolute atomic E-state index is 13.2. The van der Waals surface area contributed by atoms with E-state index in [1.54, 1.807) is 13.0 Å². The molecule has 0 heterocycles. The molecule has 0 aromatic heterocycles. The molecule has 0 saturated heterocycles. The minimum atomic E-state index is -1.09. The Bertz CT molecular complexity index is 993. The van der Waals surface area contributed by atoms with Gasteiger partial charge < -0.3 is 9.47 Å². The molecule has 4 aliphatic rings. The molecule has 6 heteroatoms. The SMILES string of the molecule is C=C1C[C@@H]2[C@H](CC[C@@]3(C)[C@H]2CC[C@]3(OC(=O)CCCCC)C(C)=O)[C@@]2(COC(C)=O)CCC(=O)C=C12. The third-order valence-electron chi connectivity index (χ3n) is 10.2. The van der Waals surface area contributed by atoms with Crippen LogP contribution in [-0.4, -0.2) is 35.7 Å². The van der Waals surface area contributed by atoms with E-state index in [0.717, 1.165) is 56.1 Å². The van der Waals surface area contributed by atoms with E-state index in [1.165, 1.54) is 6.92 Å². The Hall–Kier alpha value is -2.24. The molecule has 0 aliphatic heterocycles. The molecule has 6 atom stereocenters. The number of allylic oxidation sites excluding steroid dienone is 1. The van der Waals surface area contributed by atoms with Crippen LogP contribution in [0.5, 0.6) is 0 Å². The number of fused-ring (bicyclic) bond motifs is 5. The maximum Gasteiger partial charge on any atom is 0.306 e. The number of Topliss-reactive ketones (excluding diaryl/α,β-unsaturated/α-hetero) is 1. The second-order valence-electron chi connectivity index (χ2n) is 12.0. The zero-order valence-corrected chi connectivity index (χ0v) is 22.5. The van der Waals surface area contributed by atoms with E-state index in [0.29, 0.717) is 25.7 Å². The normalized spacial score (nSPS) is 37.3. The summed E-state index contributed by atoms with van der Waals surface area (Å²) < 4.78 is 11.8. The van der Waals surface area contributed by atoms with Gasteiger partial charge in [-0.2, -0.15) is 0 Å². The van der Waals surface area contributed by atoms with Crippen LogP contribution in [0.1, 0.15) is 98.3 Å². The van der Waals surface area contributed by atoms with Crippen molar-refractivity contribution in [2.75, 3.05) is 6.61 Å². The molecular formula is C30H42O6. The molecule has 3 fully saturated rings. The first-order chi connectivity index (χ1) is 17.0. The van der Waals surface area contributed by atoms with Gasteiger partial charge >= 0.3 is 11.9 Å². The summed E-state index contributed by atoms with van der Waals surface area (Å²) in [6, 6.07) is 0. The number of ketones is 2. The highest BCUT2D eigenvalue weighted by Crippen LogP contribution is 2.69. The van der Waals surface area contributed by atoms with Crippen molar-refractivity contribution in [3.05, 3.63) is 23.8 Å². The monoisotopic (exact) mass is 498 g/mol. The second kappa shape index (κ2) is 9.90. The van der Waals surface area contributed by atoms with Gasteiger partial charge in [-0.1, -0.05) is 38.8 Å². The number of carbonyl (C=O) groups excluding carboxylic acids is 4. The van der Waals surface area contributed by atoms with Crippen LogP contribution in [-0.2, 0) is 28.7 Å². The molecule has 0 radical (unpaired) electrons. The van der Waals surface area contributed by atoms with Crippen LogP contribution < -0.4 is 0 Å². The minimum absolute atomic E-state index is 0.0529. The summed E-state index contributed by atoms with van der Waals surface area (Å²) in [5.41, 5.74) is -0.0518. The van der Waals surface area contributed by atoms with Gasteiger partial charge in [0.2, 0.25) is 0 Å². The smallest absolute Gasteiger partial charge is 0.306 e. The molecule has 0 N–H and O–H groups in total. The van der Waals surface area contributed by atoms with E-state index in [1.807, 2.05) is 0 Å². The van der Waals surface area contributed by atoms with Gasteiger partial charge in [0.05, 0.1) is 0 Å². The first-order valence-electron chi connectivity index (χ1n) is 13.8. The Morgan fingerprint density at radius 3 is 2.47 bits per heavy atom. The number of unbranched alkanes of at least 4 members (excludes halogenated alkanes) is 2. The summed E-state index contributed by atoms with van der Waals surface area (Å²) in [5, 5.41) is 0. The number of carbonyl (C=O) groups is 4. The molecule has 0 spiro atoms. The van der Waals surface area contributed by atoms with Crippen LogP contribution in [0, 0.1) is 28.6 Å². The molecule has 36 heavy (non-hydrogen) atoms. The van der Waals surface area contributed by atoms with E-state index in [4.69, 9.17) is 9.47 Å². The van der Waals surface area contributed by atoms with Crippen LogP contribution in [0.15, 0.2) is 23.8 Å². The van der Waals surface area contributed by atoms with Gasteiger partial charge in [0.1, 0.15) is 6.61 Å². The van der Waals surface area contributed by atoms with E-state index in [-0.39, 0.29) is 47.9 Å². The van der Waals surface area contributed by atoms with E-state index >= 15 is 0 Å². The largest absolute Gasteiger partial charge is 0.465 e. The number of hydrogen-bond acceptors (Lipinski definition) is 6. The fraction of sp³-hybridized carbons (Fsp3) is 0.733. The predicted molar refractivity (Wildman–Crippen MR) is 136 cm³/mol. The number of ether oxygens (including phenoxy) is 2. The second-order valence-corrected chi connectivity index (χ2v) is 12.0. The van der Waals surface area contributed by atoms with Gasteiger partial charge in [-0.3, -0.25) is 19.2 Å². The topological polar surface area (TPSA) is 86.7 Å². The van der Waals surface area contributed by atoms with Crippen molar-refractivity contribution >= 4 is 23.5 Å². The lowest BCUT2D eigenvalue weighted by atomic mass is 9.45. The van der Waals surface area contributed by atoms with Crippen LogP contribution in [0.3, 0.4) is 0 Å². The van der Waals surface area contributed by atoms with Gasteiger partial charge in [-0.25, -0.2) is 0 Å². The third-order valence-corrected chi connectivity index (χ3v) is 10.2. The lowest BCUT2D eigenvalue weighted by molar-refractivity contribution is -0.189. The molecule has 198 valence electrons. The molecule has 6 nitrogen and oxygen atoms in total. The highest BCUT2D eigenvalue weighted by Gasteiger charge is 2.68. The van der Waals surface area contributed by atoms with Gasteiger partial charge in [0, 0.05) is 30.6 Å². The Morgan fingerprint density at radius 1 is 1.08 bits per heavy atom. The van der Waals surface area contributed by atoms with Crippen molar-refractivity contribution in [1.29, 1.82) is 0 Å². The van der Waals surface area contributed by atoms with E-state index in [9.17, 15) is 19.2 Å². The fourth-order valence-corrected chi connectivity index (χ4v) is 8.42. The number of rotatable bonds is 8. The average Bonchev–Trinajstić information content (AvgIpc) is 3.12. The molecule has 4 rings (SSSR count). The predicted octanol–water partition coefficient (Wildman–Crippen LogP) is 5.68. The summed E-state index contributed by atoms with van der Waals surface area (Å²) in [6.07, 6.45) is 9.67. The lowest BCUT2D eigenvalue weighted by Crippen LogP contribution is -2.59. The Labute approximate surface area is 215 Å². The van der Waals surface area contributed by atoms with Gasteiger partial charge in [0.15, 0.2) is 17.2 Å². The van der Waals surface area contributed by atoms with Crippen LogP contribution in [0.4, 0.5) is 0 Å². The molecule has 4 aliphatic carbocycles. The molecule has 0 unspecified atom stereocenters. The zero-order chi connectivity index (χ0) is 26.3. The summed E-state index contributed by atoms with van der Waals surface area (Å²) in [6.45, 7) is 11.9. The first-order valence-corrected chi connectivity index (χ1v) is 13.8. The molecule has 3 saturated carbocycles.